The van der Waals surface area contributed by atoms with Crippen molar-refractivity contribution in [3.63, 3.8) is 0 Å². The molecule has 0 bridgehead atoms. The first-order valence-electron chi connectivity index (χ1n) is 12.2. The molecule has 202 valence electrons. The minimum absolute atomic E-state index is 0.149. The van der Waals surface area contributed by atoms with Crippen molar-refractivity contribution >= 4 is 40.6 Å². The van der Waals surface area contributed by atoms with Gasteiger partial charge in [-0.3, -0.25) is 24.5 Å². The number of nitrogens with two attached hydrogens (primary N) is 1. The average molecular weight is 524 g/mol. The number of aromatic nitrogens is 2. The van der Waals surface area contributed by atoms with Crippen LogP contribution in [0.2, 0.25) is 0 Å². The maximum atomic E-state index is 12.9. The minimum Gasteiger partial charge on any atom is -0.381 e. The lowest BCUT2D eigenvalue weighted by atomic mass is 10.0. The third-order valence-corrected chi connectivity index (χ3v) is 5.80. The van der Waals surface area contributed by atoms with E-state index >= 15 is 0 Å². The summed E-state index contributed by atoms with van der Waals surface area (Å²) in [5, 5.41) is 21.1. The van der Waals surface area contributed by atoms with E-state index in [1.807, 2.05) is 18.2 Å². The summed E-state index contributed by atoms with van der Waals surface area (Å²) in [6.07, 6.45) is -1.48. The van der Waals surface area contributed by atoms with Crippen LogP contribution in [0.1, 0.15) is 19.4 Å². The zero-order valence-electron chi connectivity index (χ0n) is 21.2. The van der Waals surface area contributed by atoms with Crippen molar-refractivity contribution in [3.8, 4) is 0 Å². The quantitative estimate of drug-likeness (QED) is 0.171. The number of para-hydroxylation sites is 2. The molecule has 3 rings (SSSR count). The van der Waals surface area contributed by atoms with Crippen LogP contribution >= 0.6 is 0 Å². The third kappa shape index (κ3) is 7.85. The molecule has 0 fully saturated rings. The van der Waals surface area contributed by atoms with Crippen molar-refractivity contribution in [3.05, 3.63) is 60.2 Å². The number of anilines is 1. The van der Waals surface area contributed by atoms with Gasteiger partial charge in [-0.15, -0.1) is 0 Å². The lowest BCUT2D eigenvalue weighted by Gasteiger charge is -2.24. The standard InChI is InChI=1S/C26H33N7O5/c1-15(2)22(32-20(34)13-27)24(37)28-14-21(35)29-19(12-16-8-4-3-5-9-16)23(36)25(38)33-26-30-17-10-6-7-11-18(17)31-26/h3-11,15,19,22-23,36H,12-14,27H2,1-2H3,(H,28,37)(H,29,35)(H,32,34)(H2,30,31,33,38)/t19-,22?,23?/m0/s1. The molecule has 0 aliphatic rings. The van der Waals surface area contributed by atoms with E-state index in [1.54, 1.807) is 50.2 Å². The van der Waals surface area contributed by atoms with Crippen molar-refractivity contribution in [2.45, 2.75) is 38.5 Å². The van der Waals surface area contributed by atoms with E-state index < -0.39 is 48.4 Å². The minimum atomic E-state index is -1.63. The van der Waals surface area contributed by atoms with Gasteiger partial charge in [-0.2, -0.15) is 0 Å². The predicted octanol–water partition coefficient (Wildman–Crippen LogP) is -0.194. The van der Waals surface area contributed by atoms with E-state index in [4.69, 9.17) is 5.73 Å². The van der Waals surface area contributed by atoms with Gasteiger partial charge in [0.05, 0.1) is 30.2 Å². The molecule has 1 aromatic heterocycles. The zero-order valence-corrected chi connectivity index (χ0v) is 21.2. The SMILES string of the molecule is CC(C)C(NC(=O)CN)C(=O)NCC(=O)N[C@@H](Cc1ccccc1)C(O)C(=O)Nc1nc2ccccc2[nH]1. The first-order chi connectivity index (χ1) is 18.2. The second-order valence-electron chi connectivity index (χ2n) is 9.11. The molecule has 0 saturated heterocycles. The van der Waals surface area contributed by atoms with Crippen LogP contribution in [0.5, 0.6) is 0 Å². The Bertz CT molecular complexity index is 1230. The summed E-state index contributed by atoms with van der Waals surface area (Å²) in [6.45, 7) is 2.79. The molecule has 12 nitrogen and oxygen atoms in total. The van der Waals surface area contributed by atoms with Crippen molar-refractivity contribution in [1.82, 2.24) is 25.9 Å². The topological polar surface area (TPSA) is 191 Å². The Morgan fingerprint density at radius 1 is 0.947 bits per heavy atom. The highest BCUT2D eigenvalue weighted by molar-refractivity contribution is 5.95. The molecule has 1 heterocycles. The summed E-state index contributed by atoms with van der Waals surface area (Å²) >= 11 is 0. The van der Waals surface area contributed by atoms with E-state index in [-0.39, 0.29) is 24.8 Å². The van der Waals surface area contributed by atoms with Gasteiger partial charge in [-0.05, 0) is 30.0 Å². The largest absolute Gasteiger partial charge is 0.381 e. The molecule has 0 aliphatic carbocycles. The molecule has 2 unspecified atom stereocenters. The number of benzene rings is 2. The summed E-state index contributed by atoms with van der Waals surface area (Å²) in [7, 11) is 0. The van der Waals surface area contributed by atoms with E-state index in [0.29, 0.717) is 11.0 Å². The third-order valence-electron chi connectivity index (χ3n) is 5.80. The normalized spacial score (nSPS) is 13.4. The summed E-state index contributed by atoms with van der Waals surface area (Å²) in [6, 6.07) is 14.4. The number of hydrogen-bond acceptors (Lipinski definition) is 7. The summed E-state index contributed by atoms with van der Waals surface area (Å²) < 4.78 is 0. The van der Waals surface area contributed by atoms with Crippen molar-refractivity contribution in [1.29, 1.82) is 0 Å². The fraction of sp³-hybridized carbons (Fsp3) is 0.346. The van der Waals surface area contributed by atoms with Crippen LogP contribution in [-0.2, 0) is 25.6 Å². The summed E-state index contributed by atoms with van der Waals surface area (Å²) in [5.41, 5.74) is 7.45. The van der Waals surface area contributed by atoms with Crippen LogP contribution in [0.15, 0.2) is 54.6 Å². The monoisotopic (exact) mass is 523 g/mol. The van der Waals surface area contributed by atoms with E-state index in [2.05, 4.69) is 31.2 Å². The maximum Gasteiger partial charge on any atom is 0.257 e. The van der Waals surface area contributed by atoms with Crippen LogP contribution in [0.3, 0.4) is 0 Å². The van der Waals surface area contributed by atoms with Gasteiger partial charge in [0.15, 0.2) is 6.10 Å². The predicted molar refractivity (Wildman–Crippen MR) is 142 cm³/mol. The number of aromatic amines is 1. The summed E-state index contributed by atoms with van der Waals surface area (Å²) in [4.78, 5) is 57.0. The number of imidazole rings is 1. The molecule has 4 amide bonds. The number of fused-ring (bicyclic) bond motifs is 1. The number of aliphatic hydroxyl groups is 1. The molecule has 2 aromatic carbocycles. The number of rotatable bonds is 12. The van der Waals surface area contributed by atoms with Gasteiger partial charge >= 0.3 is 0 Å². The molecule has 3 aromatic rings. The van der Waals surface area contributed by atoms with Crippen LogP contribution in [0, 0.1) is 5.92 Å². The number of amides is 4. The fourth-order valence-electron chi connectivity index (χ4n) is 3.80. The average Bonchev–Trinajstić information content (AvgIpc) is 3.32. The van der Waals surface area contributed by atoms with Gasteiger partial charge in [0.2, 0.25) is 23.7 Å². The molecule has 12 heteroatoms. The molecule has 0 radical (unpaired) electrons. The number of aliphatic hydroxyl groups excluding tert-OH is 1. The lowest BCUT2D eigenvalue weighted by Crippen LogP contribution is -2.55. The van der Waals surface area contributed by atoms with Gasteiger partial charge in [0.1, 0.15) is 6.04 Å². The molecule has 38 heavy (non-hydrogen) atoms. The lowest BCUT2D eigenvalue weighted by molar-refractivity contribution is -0.131. The fourth-order valence-corrected chi connectivity index (χ4v) is 3.80. The van der Waals surface area contributed by atoms with Gasteiger partial charge in [-0.25, -0.2) is 4.98 Å². The van der Waals surface area contributed by atoms with Gasteiger partial charge < -0.3 is 31.8 Å². The van der Waals surface area contributed by atoms with Gasteiger partial charge in [0, 0.05) is 0 Å². The van der Waals surface area contributed by atoms with Crippen LogP contribution in [0.4, 0.5) is 5.95 Å². The molecule has 0 aliphatic heterocycles. The Labute approximate surface area is 219 Å². The van der Waals surface area contributed by atoms with Crippen LogP contribution in [0.25, 0.3) is 11.0 Å². The van der Waals surface area contributed by atoms with Gasteiger partial charge in [-0.1, -0.05) is 56.3 Å². The highest BCUT2D eigenvalue weighted by Crippen LogP contribution is 2.14. The molecular formula is C26H33N7O5. The number of H-pyrrole nitrogens is 1. The number of carbonyl (C=O) groups is 4. The van der Waals surface area contributed by atoms with Crippen molar-refractivity contribution in [2.24, 2.45) is 11.7 Å². The highest BCUT2D eigenvalue weighted by Gasteiger charge is 2.29. The number of carbonyl (C=O) groups excluding carboxylic acids is 4. The van der Waals surface area contributed by atoms with Gasteiger partial charge in [0.25, 0.3) is 5.91 Å². The van der Waals surface area contributed by atoms with Crippen LogP contribution < -0.4 is 27.0 Å². The Kier molecular flexibility index (Phi) is 9.91. The second-order valence-corrected chi connectivity index (χ2v) is 9.11. The molecular weight excluding hydrogens is 490 g/mol. The molecule has 0 saturated carbocycles. The Morgan fingerprint density at radius 3 is 2.29 bits per heavy atom. The van der Waals surface area contributed by atoms with E-state index in [9.17, 15) is 24.3 Å². The maximum absolute atomic E-state index is 12.9. The molecule has 0 spiro atoms. The Morgan fingerprint density at radius 2 is 1.63 bits per heavy atom. The smallest absolute Gasteiger partial charge is 0.257 e. The second kappa shape index (κ2) is 13.3. The summed E-state index contributed by atoms with van der Waals surface area (Å²) in [5.74, 6) is -2.53. The van der Waals surface area contributed by atoms with Crippen molar-refractivity contribution < 1.29 is 24.3 Å². The van der Waals surface area contributed by atoms with Crippen LogP contribution in [-0.4, -0.2) is 70.0 Å². The number of nitrogens with one attached hydrogen (secondary N) is 5. The molecule has 8 N–H and O–H groups in total. The Hall–Kier alpha value is -4.29. The zero-order chi connectivity index (χ0) is 27.7. The highest BCUT2D eigenvalue weighted by atomic mass is 16.3. The molecule has 3 atom stereocenters. The van der Waals surface area contributed by atoms with Crippen molar-refractivity contribution in [2.75, 3.05) is 18.4 Å². The first-order valence-corrected chi connectivity index (χ1v) is 12.2. The number of hydrogen-bond donors (Lipinski definition) is 7. The number of nitrogens with zero attached hydrogens (tertiary/aromatic N) is 1. The van der Waals surface area contributed by atoms with E-state index in [0.717, 1.165) is 5.56 Å². The first kappa shape index (κ1) is 28.3. The Balaban J connectivity index is 1.66. The van der Waals surface area contributed by atoms with E-state index in [1.165, 1.54) is 0 Å².